The van der Waals surface area contributed by atoms with Crippen molar-refractivity contribution in [2.45, 2.75) is 84.3 Å². The molecule has 10 nitrogen and oxygen atoms in total. The lowest BCUT2D eigenvalue weighted by atomic mass is 9.43. The predicted octanol–water partition coefficient (Wildman–Crippen LogP) is 2.96. The Morgan fingerprint density at radius 1 is 1.14 bits per heavy atom. The van der Waals surface area contributed by atoms with Gasteiger partial charge in [-0.15, -0.1) is 0 Å². The van der Waals surface area contributed by atoms with Crippen LogP contribution in [0.25, 0.3) is 0 Å². The first-order valence-corrected chi connectivity index (χ1v) is 13.1. The van der Waals surface area contributed by atoms with Gasteiger partial charge in [0.05, 0.1) is 19.3 Å². The van der Waals surface area contributed by atoms with E-state index in [1.54, 1.807) is 12.3 Å². The molecule has 3 bridgehead atoms. The zero-order chi connectivity index (χ0) is 27.4. The fourth-order valence-electron chi connectivity index (χ4n) is 6.40. The van der Waals surface area contributed by atoms with E-state index in [2.05, 4.69) is 21.3 Å². The van der Waals surface area contributed by atoms with Gasteiger partial charge in [0, 0.05) is 31.4 Å². The summed E-state index contributed by atoms with van der Waals surface area (Å²) in [6, 6.07) is 0.0300. The van der Waals surface area contributed by atoms with Crippen LogP contribution in [0.4, 0.5) is 4.79 Å². The minimum atomic E-state index is -0.607. The van der Waals surface area contributed by atoms with Crippen molar-refractivity contribution in [2.24, 2.45) is 23.2 Å². The second kappa shape index (κ2) is 11.6. The molecule has 0 aromatic carbocycles. The van der Waals surface area contributed by atoms with E-state index in [1.165, 1.54) is 14.0 Å². The summed E-state index contributed by atoms with van der Waals surface area (Å²) < 4.78 is 10.7. The minimum absolute atomic E-state index is 0.00552. The summed E-state index contributed by atoms with van der Waals surface area (Å²) in [4.78, 5) is 36.7. The molecule has 0 aromatic heterocycles. The molecular formula is C27H43N5O5. The summed E-state index contributed by atoms with van der Waals surface area (Å²) in [7, 11) is 1.37. The van der Waals surface area contributed by atoms with E-state index < -0.39 is 11.6 Å². The van der Waals surface area contributed by atoms with Gasteiger partial charge < -0.3 is 36.2 Å². The topological polar surface area (TPSA) is 142 Å². The highest BCUT2D eigenvalue weighted by atomic mass is 16.5. The van der Waals surface area contributed by atoms with Crippen LogP contribution in [0, 0.1) is 28.6 Å². The first-order valence-electron chi connectivity index (χ1n) is 13.1. The van der Waals surface area contributed by atoms with Crippen molar-refractivity contribution in [3.05, 3.63) is 23.7 Å². The van der Waals surface area contributed by atoms with Crippen LogP contribution in [0.2, 0.25) is 0 Å². The van der Waals surface area contributed by atoms with E-state index >= 15 is 0 Å². The first-order chi connectivity index (χ1) is 17.4. The molecule has 4 fully saturated rings. The van der Waals surface area contributed by atoms with Crippen molar-refractivity contribution in [3.63, 3.8) is 0 Å². The summed E-state index contributed by atoms with van der Waals surface area (Å²) in [6.45, 7) is 9.53. The molecule has 0 aromatic rings. The molecule has 0 aliphatic heterocycles. The van der Waals surface area contributed by atoms with Crippen molar-refractivity contribution in [3.8, 4) is 0 Å². The second-order valence-corrected chi connectivity index (χ2v) is 11.8. The largest absolute Gasteiger partial charge is 0.478 e. The molecular weight excluding hydrogens is 474 g/mol. The Labute approximate surface area is 219 Å². The number of alkyl carbamates (subject to hydrolysis) is 1. The van der Waals surface area contributed by atoms with Gasteiger partial charge >= 0.3 is 6.09 Å². The van der Waals surface area contributed by atoms with E-state index in [9.17, 15) is 14.4 Å². The highest BCUT2D eigenvalue weighted by Crippen LogP contribution is 2.63. The van der Waals surface area contributed by atoms with Crippen molar-refractivity contribution >= 4 is 24.1 Å². The molecule has 5 atom stereocenters. The predicted molar refractivity (Wildman–Crippen MR) is 141 cm³/mol. The normalized spacial score (nSPS) is 28.9. The molecule has 37 heavy (non-hydrogen) atoms. The van der Waals surface area contributed by atoms with Crippen LogP contribution >= 0.6 is 0 Å². The lowest BCUT2D eigenvalue weighted by molar-refractivity contribution is -0.139. The van der Waals surface area contributed by atoms with E-state index in [0.717, 1.165) is 38.3 Å². The van der Waals surface area contributed by atoms with Gasteiger partial charge in [0.15, 0.2) is 0 Å². The summed E-state index contributed by atoms with van der Waals surface area (Å²) in [5.41, 5.74) is -0.542. The summed E-state index contributed by atoms with van der Waals surface area (Å²) in [5.74, 6) is 0.843. The average molecular weight is 518 g/mol. The van der Waals surface area contributed by atoms with Crippen molar-refractivity contribution in [1.82, 2.24) is 21.3 Å². The fourth-order valence-corrected chi connectivity index (χ4v) is 6.40. The molecule has 206 valence electrons. The summed E-state index contributed by atoms with van der Waals surface area (Å²) in [6.07, 6.45) is 8.82. The maximum Gasteiger partial charge on any atom is 0.407 e. The van der Waals surface area contributed by atoms with Gasteiger partial charge in [-0.3, -0.25) is 9.59 Å². The third kappa shape index (κ3) is 7.05. The van der Waals surface area contributed by atoms with Crippen LogP contribution in [0.15, 0.2) is 23.7 Å². The van der Waals surface area contributed by atoms with Gasteiger partial charge in [-0.1, -0.05) is 13.8 Å². The number of methoxy groups -OCH3 is 1. The third-order valence-corrected chi connectivity index (χ3v) is 7.60. The van der Waals surface area contributed by atoms with Crippen LogP contribution < -0.4 is 21.3 Å². The zero-order valence-electron chi connectivity index (χ0n) is 22.9. The highest BCUT2D eigenvalue weighted by Gasteiger charge is 2.61. The number of carbonyl (C=O) groups is 3. The zero-order valence-corrected chi connectivity index (χ0v) is 22.9. The monoisotopic (exact) mass is 517 g/mol. The number of nitrogens with one attached hydrogen (secondary N) is 5. The Morgan fingerprint density at radius 2 is 1.86 bits per heavy atom. The maximum atomic E-state index is 13.5. The highest BCUT2D eigenvalue weighted by molar-refractivity contribution is 6.11. The standard InChI is InChI=1S/C27H43N5O5/c1-16(2)15-37-24(29-8-7-26(4,5)32-17(3)33)21(14-28)23(34)31-22-19-9-18-10-20(30-25(35)36-6)13-27(22,11-18)12-19/h7-8,14,16,18-20,22,28-29H,9-13,15H2,1-6H3,(H,30,35)(H,31,34)(H,32,33)/b8-7+,24-21-,28-14?/t18?,19?,20-,22+,27?/m0/s1. The Hall–Kier alpha value is -3.04. The van der Waals surface area contributed by atoms with Crippen LogP contribution in [0.5, 0.6) is 0 Å². The lowest BCUT2D eigenvalue weighted by Crippen LogP contribution is -2.68. The molecule has 0 saturated heterocycles. The number of ether oxygens (including phenoxy) is 2. The van der Waals surface area contributed by atoms with Crippen LogP contribution in [-0.2, 0) is 19.1 Å². The van der Waals surface area contributed by atoms with E-state index in [1.807, 2.05) is 27.7 Å². The summed E-state index contributed by atoms with van der Waals surface area (Å²) in [5, 5.41) is 20.0. The maximum absolute atomic E-state index is 13.5. The SMILES string of the molecule is COC(=O)N[C@H]1CC2CC3CC(C2)(C1)[C@@H]3NC(=O)/C(C=N)=C(/N/C=C/C(C)(C)NC(C)=O)OCC(C)C. The van der Waals surface area contributed by atoms with Gasteiger partial charge in [0.25, 0.3) is 5.91 Å². The van der Waals surface area contributed by atoms with Crippen LogP contribution in [0.1, 0.15) is 66.7 Å². The number of carbonyl (C=O) groups excluding carboxylic acids is 3. The van der Waals surface area contributed by atoms with Crippen LogP contribution in [-0.4, -0.2) is 55.5 Å². The summed E-state index contributed by atoms with van der Waals surface area (Å²) >= 11 is 0. The van der Waals surface area contributed by atoms with Gasteiger partial charge in [-0.25, -0.2) is 4.79 Å². The minimum Gasteiger partial charge on any atom is -0.478 e. The molecule has 5 N–H and O–H groups in total. The van der Waals surface area contributed by atoms with Gasteiger partial charge in [0.2, 0.25) is 11.8 Å². The Kier molecular flexibility index (Phi) is 8.92. The number of amides is 3. The molecule has 10 heteroatoms. The molecule has 3 amide bonds. The van der Waals surface area contributed by atoms with Crippen molar-refractivity contribution < 1.29 is 23.9 Å². The van der Waals surface area contributed by atoms with Crippen LogP contribution in [0.3, 0.4) is 0 Å². The first kappa shape index (κ1) is 28.5. The van der Waals surface area contributed by atoms with E-state index in [-0.39, 0.29) is 46.7 Å². The number of hydrogen-bond acceptors (Lipinski definition) is 7. The third-order valence-electron chi connectivity index (χ3n) is 7.60. The molecule has 4 rings (SSSR count). The van der Waals surface area contributed by atoms with Crippen molar-refractivity contribution in [2.75, 3.05) is 13.7 Å². The van der Waals surface area contributed by atoms with Crippen molar-refractivity contribution in [1.29, 1.82) is 5.41 Å². The average Bonchev–Trinajstić information content (AvgIpc) is 2.79. The molecule has 1 spiro atoms. The Morgan fingerprint density at radius 3 is 2.49 bits per heavy atom. The molecule has 3 unspecified atom stereocenters. The lowest BCUT2D eigenvalue weighted by Gasteiger charge is -2.65. The molecule has 0 radical (unpaired) electrons. The Balaban J connectivity index is 1.75. The van der Waals surface area contributed by atoms with Gasteiger partial charge in [-0.05, 0) is 75.2 Å². The van der Waals surface area contributed by atoms with E-state index in [4.69, 9.17) is 14.9 Å². The van der Waals surface area contributed by atoms with Gasteiger partial charge in [0.1, 0.15) is 5.57 Å². The molecule has 0 heterocycles. The fraction of sp³-hybridized carbons (Fsp3) is 0.704. The molecule has 4 aliphatic rings. The number of rotatable bonds is 11. The van der Waals surface area contributed by atoms with E-state index in [0.29, 0.717) is 18.4 Å². The number of hydrogen-bond donors (Lipinski definition) is 5. The van der Waals surface area contributed by atoms with Gasteiger partial charge in [-0.2, -0.15) is 0 Å². The smallest absolute Gasteiger partial charge is 0.407 e. The quantitative estimate of drug-likeness (QED) is 0.162. The second-order valence-electron chi connectivity index (χ2n) is 11.8. The molecule has 4 aliphatic carbocycles. The molecule has 4 saturated carbocycles. The Bertz CT molecular complexity index is 957.